The van der Waals surface area contributed by atoms with E-state index in [1.807, 2.05) is 18.2 Å². The van der Waals surface area contributed by atoms with Gasteiger partial charge in [-0.05, 0) is 25.7 Å². The Balaban J connectivity index is 1.73. The summed E-state index contributed by atoms with van der Waals surface area (Å²) in [6.07, 6.45) is 3.90. The van der Waals surface area contributed by atoms with Crippen LogP contribution in [0.5, 0.6) is 0 Å². The first kappa shape index (κ1) is 16.1. The number of hydrogen-bond acceptors (Lipinski definition) is 5. The second kappa shape index (κ2) is 7.15. The minimum Gasteiger partial charge on any atom is -0.307 e. The first-order chi connectivity index (χ1) is 9.94. The number of carbonyl (C=O) groups is 1. The molecule has 1 aliphatic carbocycles. The Morgan fingerprint density at radius 1 is 1.19 bits per heavy atom. The normalized spacial score (nSPS) is 22.9. The molecule has 0 aliphatic heterocycles. The van der Waals surface area contributed by atoms with Crippen LogP contribution in [-0.4, -0.2) is 39.1 Å². The molecule has 0 amide bonds. The minimum absolute atomic E-state index is 0.0742. The fourth-order valence-corrected chi connectivity index (χ4v) is 3.26. The Hall–Kier alpha value is -1.24. The molecule has 2 rings (SSSR count). The van der Waals surface area contributed by atoms with Gasteiger partial charge in [-0.15, -0.1) is 0 Å². The number of Topliss-reactive ketones (excluding diaryl/α,β-unsaturated/α-hetero) is 1. The van der Waals surface area contributed by atoms with Crippen LogP contribution in [-0.2, 0) is 14.3 Å². The van der Waals surface area contributed by atoms with Crippen molar-refractivity contribution in [2.24, 2.45) is 0 Å². The van der Waals surface area contributed by atoms with Crippen LogP contribution in [0.15, 0.2) is 30.3 Å². The van der Waals surface area contributed by atoms with Gasteiger partial charge in [0, 0.05) is 11.6 Å². The summed E-state index contributed by atoms with van der Waals surface area (Å²) in [4.78, 5) is 12.0. The Morgan fingerprint density at radius 2 is 1.81 bits per heavy atom. The Bertz CT molecular complexity index is 563. The van der Waals surface area contributed by atoms with Crippen LogP contribution in [0.1, 0.15) is 36.0 Å². The number of rotatable bonds is 6. The second-order valence-electron chi connectivity index (χ2n) is 5.44. The predicted octanol–water partition coefficient (Wildman–Crippen LogP) is 1.75. The molecule has 6 heteroatoms. The lowest BCUT2D eigenvalue weighted by atomic mass is 9.93. The van der Waals surface area contributed by atoms with E-state index < -0.39 is 10.1 Å². The maximum atomic E-state index is 12.0. The van der Waals surface area contributed by atoms with E-state index in [-0.39, 0.29) is 17.9 Å². The van der Waals surface area contributed by atoms with Gasteiger partial charge in [-0.25, -0.2) is 0 Å². The van der Waals surface area contributed by atoms with Crippen molar-refractivity contribution < 1.29 is 17.4 Å². The van der Waals surface area contributed by atoms with E-state index in [4.69, 9.17) is 4.18 Å². The smallest absolute Gasteiger partial charge is 0.264 e. The van der Waals surface area contributed by atoms with Crippen molar-refractivity contribution in [2.45, 2.75) is 37.8 Å². The standard InChI is InChI=1S/C15H21NO4S/c1-21(18,19)20-14-9-7-13(8-10-14)16-11-15(17)12-5-3-2-4-6-12/h2-6,13-14,16H,7-11H2,1H3. The topological polar surface area (TPSA) is 72.5 Å². The van der Waals surface area contributed by atoms with Gasteiger partial charge < -0.3 is 5.32 Å². The summed E-state index contributed by atoms with van der Waals surface area (Å²) in [5.74, 6) is 0.0742. The highest BCUT2D eigenvalue weighted by Crippen LogP contribution is 2.22. The van der Waals surface area contributed by atoms with Gasteiger partial charge in [0.2, 0.25) is 0 Å². The summed E-state index contributed by atoms with van der Waals surface area (Å²) >= 11 is 0. The third kappa shape index (κ3) is 5.57. The molecule has 0 unspecified atom stereocenters. The highest BCUT2D eigenvalue weighted by molar-refractivity contribution is 7.86. The summed E-state index contributed by atoms with van der Waals surface area (Å²) in [6.45, 7) is 0.312. The van der Waals surface area contributed by atoms with E-state index in [1.165, 1.54) is 0 Å². The van der Waals surface area contributed by atoms with Crippen molar-refractivity contribution in [2.75, 3.05) is 12.8 Å². The lowest BCUT2D eigenvalue weighted by Gasteiger charge is -2.28. The molecule has 0 heterocycles. The van der Waals surface area contributed by atoms with Crippen molar-refractivity contribution >= 4 is 15.9 Å². The summed E-state index contributed by atoms with van der Waals surface area (Å²) in [6, 6.07) is 9.44. The molecule has 116 valence electrons. The Kier molecular flexibility index (Phi) is 5.50. The van der Waals surface area contributed by atoms with E-state index in [9.17, 15) is 13.2 Å². The molecule has 1 saturated carbocycles. The third-order valence-corrected chi connectivity index (χ3v) is 4.25. The quantitative estimate of drug-likeness (QED) is 0.640. The van der Waals surface area contributed by atoms with Gasteiger partial charge >= 0.3 is 0 Å². The molecule has 1 aromatic carbocycles. The average molecular weight is 311 g/mol. The van der Waals surface area contributed by atoms with Crippen LogP contribution in [0.2, 0.25) is 0 Å². The fourth-order valence-electron chi connectivity index (χ4n) is 2.57. The van der Waals surface area contributed by atoms with Crippen LogP contribution in [0.4, 0.5) is 0 Å². The van der Waals surface area contributed by atoms with Gasteiger partial charge in [-0.3, -0.25) is 8.98 Å². The van der Waals surface area contributed by atoms with Crippen LogP contribution < -0.4 is 5.32 Å². The van der Waals surface area contributed by atoms with Gasteiger partial charge in [0.15, 0.2) is 5.78 Å². The SMILES string of the molecule is CS(=O)(=O)OC1CCC(NCC(=O)c2ccccc2)CC1. The van der Waals surface area contributed by atoms with E-state index >= 15 is 0 Å². The zero-order valence-electron chi connectivity index (χ0n) is 12.1. The number of nitrogens with one attached hydrogen (secondary N) is 1. The number of ketones is 1. The molecule has 5 nitrogen and oxygen atoms in total. The maximum Gasteiger partial charge on any atom is 0.264 e. The average Bonchev–Trinajstić information content (AvgIpc) is 2.45. The Morgan fingerprint density at radius 3 is 2.38 bits per heavy atom. The highest BCUT2D eigenvalue weighted by Gasteiger charge is 2.24. The maximum absolute atomic E-state index is 12.0. The monoisotopic (exact) mass is 311 g/mol. The van der Waals surface area contributed by atoms with Crippen molar-refractivity contribution in [3.8, 4) is 0 Å². The molecule has 1 fully saturated rings. The molecule has 0 atom stereocenters. The molecule has 0 bridgehead atoms. The van der Waals surface area contributed by atoms with Crippen molar-refractivity contribution in [3.05, 3.63) is 35.9 Å². The minimum atomic E-state index is -3.38. The second-order valence-corrected chi connectivity index (χ2v) is 7.04. The summed E-state index contributed by atoms with van der Waals surface area (Å²) < 4.78 is 27.1. The lowest BCUT2D eigenvalue weighted by molar-refractivity contribution is 0.0977. The molecule has 0 spiro atoms. The van der Waals surface area contributed by atoms with E-state index in [0.29, 0.717) is 24.9 Å². The van der Waals surface area contributed by atoms with E-state index in [2.05, 4.69) is 5.32 Å². The van der Waals surface area contributed by atoms with Crippen LogP contribution >= 0.6 is 0 Å². The molecule has 0 saturated heterocycles. The predicted molar refractivity (Wildman–Crippen MR) is 80.7 cm³/mol. The molecule has 1 aromatic rings. The molecule has 0 radical (unpaired) electrons. The molecule has 0 aromatic heterocycles. The van der Waals surface area contributed by atoms with Crippen LogP contribution in [0.25, 0.3) is 0 Å². The van der Waals surface area contributed by atoms with Gasteiger partial charge in [0.1, 0.15) is 0 Å². The van der Waals surface area contributed by atoms with Crippen LogP contribution in [0, 0.1) is 0 Å². The van der Waals surface area contributed by atoms with E-state index in [0.717, 1.165) is 19.1 Å². The third-order valence-electron chi connectivity index (χ3n) is 3.63. The van der Waals surface area contributed by atoms with Crippen molar-refractivity contribution in [3.63, 3.8) is 0 Å². The van der Waals surface area contributed by atoms with Gasteiger partial charge in [0.25, 0.3) is 10.1 Å². The molecular formula is C15H21NO4S. The molecule has 1 N–H and O–H groups in total. The van der Waals surface area contributed by atoms with Gasteiger partial charge in [0.05, 0.1) is 18.9 Å². The fraction of sp³-hybridized carbons (Fsp3) is 0.533. The lowest BCUT2D eigenvalue weighted by Crippen LogP contribution is -2.38. The summed E-state index contributed by atoms with van der Waals surface area (Å²) in [5, 5.41) is 3.25. The number of benzene rings is 1. The van der Waals surface area contributed by atoms with Gasteiger partial charge in [-0.1, -0.05) is 30.3 Å². The highest BCUT2D eigenvalue weighted by atomic mass is 32.2. The largest absolute Gasteiger partial charge is 0.307 e. The summed E-state index contributed by atoms with van der Waals surface area (Å²) in [7, 11) is -3.38. The van der Waals surface area contributed by atoms with E-state index in [1.54, 1.807) is 12.1 Å². The molecule has 1 aliphatic rings. The number of carbonyl (C=O) groups excluding carboxylic acids is 1. The summed E-state index contributed by atoms with van der Waals surface area (Å²) in [5.41, 5.74) is 0.707. The van der Waals surface area contributed by atoms with Crippen LogP contribution in [0.3, 0.4) is 0 Å². The zero-order valence-corrected chi connectivity index (χ0v) is 12.9. The molecule has 21 heavy (non-hydrogen) atoms. The molecular weight excluding hydrogens is 290 g/mol. The zero-order chi connectivity index (χ0) is 15.3. The number of hydrogen-bond donors (Lipinski definition) is 1. The first-order valence-electron chi connectivity index (χ1n) is 7.14. The van der Waals surface area contributed by atoms with Gasteiger partial charge in [-0.2, -0.15) is 8.42 Å². The first-order valence-corrected chi connectivity index (χ1v) is 8.95. The Labute approximate surface area is 125 Å². The van der Waals surface area contributed by atoms with Crippen molar-refractivity contribution in [1.82, 2.24) is 5.32 Å². The van der Waals surface area contributed by atoms with Crippen molar-refractivity contribution in [1.29, 1.82) is 0 Å².